The largest absolute Gasteiger partial charge is 0.573 e. The third-order valence-corrected chi connectivity index (χ3v) is 3.94. The molecule has 9 heteroatoms. The number of ether oxygens (including phenoxy) is 1. The molecule has 0 saturated heterocycles. The Kier molecular flexibility index (Phi) is 5.29. The van der Waals surface area contributed by atoms with Gasteiger partial charge in [0, 0.05) is 5.56 Å². The molecule has 2 rings (SSSR count). The molecule has 0 unspecified atom stereocenters. The van der Waals surface area contributed by atoms with E-state index in [2.05, 4.69) is 4.74 Å². The van der Waals surface area contributed by atoms with Crippen LogP contribution in [0.15, 0.2) is 59.5 Å². The number of alkyl halides is 3. The Morgan fingerprint density at radius 2 is 1.56 bits per heavy atom. The van der Waals surface area contributed by atoms with Gasteiger partial charge < -0.3 is 4.74 Å². The van der Waals surface area contributed by atoms with E-state index in [0.717, 1.165) is 12.1 Å². The molecule has 0 aliphatic heterocycles. The lowest BCUT2D eigenvalue weighted by atomic mass is 10.1. The van der Waals surface area contributed by atoms with Gasteiger partial charge in [0.2, 0.25) is 10.0 Å². The Hall–Kier alpha value is -2.65. The second kappa shape index (κ2) is 7.08. The van der Waals surface area contributed by atoms with E-state index in [9.17, 15) is 26.4 Å². The van der Waals surface area contributed by atoms with Crippen LogP contribution < -0.4 is 9.88 Å². The molecule has 0 aromatic heterocycles. The van der Waals surface area contributed by atoms with Gasteiger partial charge in [-0.2, -0.15) is 0 Å². The van der Waals surface area contributed by atoms with Gasteiger partial charge in [0.1, 0.15) is 5.75 Å². The van der Waals surface area contributed by atoms with Crippen molar-refractivity contribution >= 4 is 21.9 Å². The molecule has 0 heterocycles. The highest BCUT2D eigenvalue weighted by Crippen LogP contribution is 2.23. The van der Waals surface area contributed by atoms with Crippen molar-refractivity contribution in [2.24, 2.45) is 5.14 Å². The van der Waals surface area contributed by atoms with Gasteiger partial charge in [-0.1, -0.05) is 18.2 Å². The van der Waals surface area contributed by atoms with Crippen LogP contribution >= 0.6 is 0 Å². The van der Waals surface area contributed by atoms with Crippen molar-refractivity contribution in [1.82, 2.24) is 0 Å². The summed E-state index contributed by atoms with van der Waals surface area (Å²) in [5.41, 5.74) is 0.727. The van der Waals surface area contributed by atoms with Gasteiger partial charge in [-0.15, -0.1) is 13.2 Å². The van der Waals surface area contributed by atoms with E-state index in [1.54, 1.807) is 0 Å². The summed E-state index contributed by atoms with van der Waals surface area (Å²) in [5, 5.41) is 4.96. The standard InChI is InChI=1S/C16H12F3NO4S/c17-16(18,19)24-13-6-1-11(2-7-13)3-10-15(21)12-4-8-14(9-5-12)25(20,22)23/h1-10H,(H2,20,22,23)/b10-3+. The molecule has 0 spiro atoms. The molecule has 0 bridgehead atoms. The summed E-state index contributed by atoms with van der Waals surface area (Å²) in [4.78, 5) is 11.9. The molecular formula is C16H12F3NO4S. The third-order valence-electron chi connectivity index (χ3n) is 3.01. The molecule has 2 aromatic rings. The van der Waals surface area contributed by atoms with Crippen molar-refractivity contribution in [3.05, 3.63) is 65.7 Å². The van der Waals surface area contributed by atoms with Gasteiger partial charge in [0.25, 0.3) is 0 Å². The summed E-state index contributed by atoms with van der Waals surface area (Å²) >= 11 is 0. The summed E-state index contributed by atoms with van der Waals surface area (Å²) in [6, 6.07) is 10.00. The van der Waals surface area contributed by atoms with Crippen molar-refractivity contribution in [2.75, 3.05) is 0 Å². The first-order valence-electron chi connectivity index (χ1n) is 6.76. The highest BCUT2D eigenvalue weighted by atomic mass is 32.2. The van der Waals surface area contributed by atoms with Crippen LogP contribution in [0.2, 0.25) is 0 Å². The Labute approximate surface area is 141 Å². The monoisotopic (exact) mass is 371 g/mol. The van der Waals surface area contributed by atoms with E-state index in [1.807, 2.05) is 0 Å². The highest BCUT2D eigenvalue weighted by molar-refractivity contribution is 7.89. The first kappa shape index (κ1) is 18.7. The maximum absolute atomic E-state index is 12.1. The van der Waals surface area contributed by atoms with Gasteiger partial charge in [-0.05, 0) is 48.0 Å². The van der Waals surface area contributed by atoms with Gasteiger partial charge in [-0.25, -0.2) is 13.6 Å². The minimum absolute atomic E-state index is 0.117. The van der Waals surface area contributed by atoms with Gasteiger partial charge >= 0.3 is 6.36 Å². The molecular weight excluding hydrogens is 359 g/mol. The van der Waals surface area contributed by atoms with E-state index in [0.29, 0.717) is 5.56 Å². The predicted molar refractivity (Wildman–Crippen MR) is 84.3 cm³/mol. The van der Waals surface area contributed by atoms with E-state index in [4.69, 9.17) is 5.14 Å². The van der Waals surface area contributed by atoms with Crippen LogP contribution in [-0.2, 0) is 10.0 Å². The minimum Gasteiger partial charge on any atom is -0.406 e. The number of allylic oxidation sites excluding steroid dienone is 1. The van der Waals surface area contributed by atoms with Crippen molar-refractivity contribution in [1.29, 1.82) is 0 Å². The molecule has 0 atom stereocenters. The number of nitrogens with two attached hydrogens (primary N) is 1. The highest BCUT2D eigenvalue weighted by Gasteiger charge is 2.30. The third kappa shape index (κ3) is 5.73. The number of carbonyl (C=O) groups is 1. The minimum atomic E-state index is -4.77. The normalized spacial score (nSPS) is 12.3. The zero-order valence-corrected chi connectivity index (χ0v) is 13.3. The smallest absolute Gasteiger partial charge is 0.406 e. The lowest BCUT2D eigenvalue weighted by molar-refractivity contribution is -0.274. The number of halogens is 3. The molecule has 132 valence electrons. The number of hydrogen-bond acceptors (Lipinski definition) is 4. The van der Waals surface area contributed by atoms with Crippen LogP contribution in [0.3, 0.4) is 0 Å². The van der Waals surface area contributed by atoms with E-state index in [1.165, 1.54) is 48.6 Å². The van der Waals surface area contributed by atoms with E-state index >= 15 is 0 Å². The van der Waals surface area contributed by atoms with Crippen molar-refractivity contribution < 1.29 is 31.1 Å². The molecule has 2 aromatic carbocycles. The summed E-state index contributed by atoms with van der Waals surface area (Å²) in [7, 11) is -3.84. The maximum atomic E-state index is 12.1. The number of primary sulfonamides is 1. The number of carbonyl (C=O) groups excluding carboxylic acids is 1. The van der Waals surface area contributed by atoms with Gasteiger partial charge in [0.15, 0.2) is 5.78 Å². The quantitative estimate of drug-likeness (QED) is 0.646. The van der Waals surface area contributed by atoms with Crippen molar-refractivity contribution in [3.8, 4) is 5.75 Å². The van der Waals surface area contributed by atoms with Crippen LogP contribution in [0.25, 0.3) is 6.08 Å². The molecule has 0 fully saturated rings. The molecule has 0 radical (unpaired) electrons. The molecule has 0 aliphatic rings. The SMILES string of the molecule is NS(=O)(=O)c1ccc(C(=O)/C=C/c2ccc(OC(F)(F)F)cc2)cc1. The average Bonchev–Trinajstić information content (AvgIpc) is 2.52. The van der Waals surface area contributed by atoms with Crippen molar-refractivity contribution in [2.45, 2.75) is 11.3 Å². The Morgan fingerprint density at radius 1 is 1.00 bits per heavy atom. The van der Waals surface area contributed by atoms with Crippen LogP contribution in [0.4, 0.5) is 13.2 Å². The zero-order valence-electron chi connectivity index (χ0n) is 12.5. The number of sulfonamides is 1. The topological polar surface area (TPSA) is 86.5 Å². The first-order valence-corrected chi connectivity index (χ1v) is 8.30. The number of ketones is 1. The van der Waals surface area contributed by atoms with Crippen LogP contribution in [-0.4, -0.2) is 20.6 Å². The first-order chi connectivity index (χ1) is 11.5. The Bertz CT molecular complexity index is 886. The summed E-state index contributed by atoms with van der Waals surface area (Å²) in [5.74, 6) is -0.772. The number of rotatable bonds is 5. The second-order valence-electron chi connectivity index (χ2n) is 4.88. The fourth-order valence-electron chi connectivity index (χ4n) is 1.86. The average molecular weight is 371 g/mol. The van der Waals surface area contributed by atoms with E-state index in [-0.39, 0.29) is 16.2 Å². The second-order valence-corrected chi connectivity index (χ2v) is 6.45. The molecule has 2 N–H and O–H groups in total. The molecule has 25 heavy (non-hydrogen) atoms. The Balaban J connectivity index is 2.07. The predicted octanol–water partition coefficient (Wildman–Crippen LogP) is 3.13. The summed E-state index contributed by atoms with van der Waals surface area (Å²) in [6.45, 7) is 0. The lowest BCUT2D eigenvalue weighted by Gasteiger charge is -2.08. The summed E-state index contributed by atoms with van der Waals surface area (Å²) in [6.07, 6.45) is -2.14. The molecule has 0 amide bonds. The lowest BCUT2D eigenvalue weighted by Crippen LogP contribution is -2.16. The summed E-state index contributed by atoms with van der Waals surface area (Å²) < 4.78 is 62.2. The molecule has 5 nitrogen and oxygen atoms in total. The molecule has 0 aliphatic carbocycles. The van der Waals surface area contributed by atoms with Crippen LogP contribution in [0.5, 0.6) is 5.75 Å². The van der Waals surface area contributed by atoms with Crippen LogP contribution in [0.1, 0.15) is 15.9 Å². The number of benzene rings is 2. The fourth-order valence-corrected chi connectivity index (χ4v) is 2.37. The van der Waals surface area contributed by atoms with Gasteiger partial charge in [0.05, 0.1) is 4.90 Å². The van der Waals surface area contributed by atoms with Crippen LogP contribution in [0, 0.1) is 0 Å². The van der Waals surface area contributed by atoms with E-state index < -0.39 is 22.2 Å². The zero-order chi connectivity index (χ0) is 18.7. The molecule has 0 saturated carbocycles. The van der Waals surface area contributed by atoms with Gasteiger partial charge in [-0.3, -0.25) is 4.79 Å². The number of hydrogen-bond donors (Lipinski definition) is 1. The Morgan fingerprint density at radius 3 is 2.04 bits per heavy atom. The van der Waals surface area contributed by atoms with Crippen molar-refractivity contribution in [3.63, 3.8) is 0 Å². The maximum Gasteiger partial charge on any atom is 0.573 e. The fraction of sp³-hybridized carbons (Fsp3) is 0.0625.